The summed E-state index contributed by atoms with van der Waals surface area (Å²) < 4.78 is 62.8. The third kappa shape index (κ3) is 3.74. The molecule has 1 N–H and O–H groups in total. The quantitative estimate of drug-likeness (QED) is 0.701. The van der Waals surface area contributed by atoms with Crippen LogP contribution in [0.2, 0.25) is 5.02 Å². The lowest BCUT2D eigenvalue weighted by molar-refractivity contribution is 0.241. The third-order valence-corrected chi connectivity index (χ3v) is 4.86. The van der Waals surface area contributed by atoms with Gasteiger partial charge in [0.25, 0.3) is 0 Å². The fraction of sp³-hybridized carbons (Fsp3) is 0.0769. The summed E-state index contributed by atoms with van der Waals surface area (Å²) >= 11 is 8.78. The minimum Gasteiger partial charge on any atom is -0.456 e. The highest BCUT2D eigenvalue weighted by atomic mass is 79.9. The zero-order valence-electron chi connectivity index (χ0n) is 10.7. The summed E-state index contributed by atoms with van der Waals surface area (Å²) in [5.41, 5.74) is 0. The average molecular weight is 415 g/mol. The van der Waals surface area contributed by atoms with Crippen molar-refractivity contribution in [3.63, 3.8) is 0 Å². The molecular formula is C13H8BrClF3NO2S. The van der Waals surface area contributed by atoms with Crippen LogP contribution in [0.1, 0.15) is 0 Å². The molecule has 1 unspecified atom stereocenters. The molecular weight excluding hydrogens is 407 g/mol. The molecule has 0 radical (unpaired) electrons. The van der Waals surface area contributed by atoms with Gasteiger partial charge in [-0.3, -0.25) is 0 Å². The van der Waals surface area contributed by atoms with Gasteiger partial charge >= 0.3 is 5.76 Å². The van der Waals surface area contributed by atoms with Crippen molar-refractivity contribution in [2.24, 2.45) is 0 Å². The summed E-state index contributed by atoms with van der Waals surface area (Å²) in [6, 6.07) is 7.04. The van der Waals surface area contributed by atoms with Crippen LogP contribution in [0, 0.1) is 10.6 Å². The van der Waals surface area contributed by atoms with Gasteiger partial charge in [0.05, 0.1) is 9.37 Å². The Hall–Kier alpha value is -1.25. The second kappa shape index (κ2) is 6.47. The molecule has 9 heteroatoms. The fourth-order valence-corrected chi connectivity index (χ4v) is 3.16. The minimum absolute atomic E-state index is 0.110. The zero-order chi connectivity index (χ0) is 16.5. The first-order valence-electron chi connectivity index (χ1n) is 5.69. The average Bonchev–Trinajstić information content (AvgIpc) is 2.39. The van der Waals surface area contributed by atoms with Crippen molar-refractivity contribution in [3.05, 3.63) is 51.7 Å². The molecule has 0 aliphatic rings. The first-order chi connectivity index (χ1) is 10.2. The van der Waals surface area contributed by atoms with E-state index in [0.29, 0.717) is 0 Å². The van der Waals surface area contributed by atoms with Crippen LogP contribution in [0.25, 0.3) is 0 Å². The molecule has 22 heavy (non-hydrogen) atoms. The zero-order valence-corrected chi connectivity index (χ0v) is 13.8. The third-order valence-electron chi connectivity index (χ3n) is 2.57. The molecule has 0 aromatic heterocycles. The number of hydrogen-bond donors (Lipinski definition) is 1. The molecule has 0 heterocycles. The molecule has 0 fully saturated rings. The summed E-state index contributed by atoms with van der Waals surface area (Å²) in [6.45, 7) is 0. The van der Waals surface area contributed by atoms with Crippen LogP contribution in [0.15, 0.2) is 45.8 Å². The van der Waals surface area contributed by atoms with Crippen LogP contribution < -0.4 is 4.74 Å². The number of benzene rings is 2. The van der Waals surface area contributed by atoms with Crippen LogP contribution in [0.4, 0.5) is 13.2 Å². The highest BCUT2D eigenvalue weighted by Crippen LogP contribution is 2.34. The standard InChI is InChI=1S/C13H8BrClF3NO2S/c14-11-6-10(22(19,20)13(17)18)1-2-12(11)21-9-4-7(15)3-8(16)5-9/h1-6,13,19H. The Morgan fingerprint density at radius 1 is 1.23 bits per heavy atom. The predicted molar refractivity (Wildman–Crippen MR) is 80.8 cm³/mol. The molecule has 0 spiro atoms. The highest BCUT2D eigenvalue weighted by molar-refractivity contribution is 9.10. The van der Waals surface area contributed by atoms with Crippen molar-refractivity contribution in [1.82, 2.24) is 0 Å². The van der Waals surface area contributed by atoms with E-state index in [0.717, 1.165) is 24.3 Å². The SMILES string of the molecule is N=S(=O)(c1ccc(Oc2cc(F)cc(Cl)c2)c(Br)c1)C(F)F. The highest BCUT2D eigenvalue weighted by Gasteiger charge is 2.23. The van der Waals surface area contributed by atoms with Gasteiger partial charge in [0, 0.05) is 11.1 Å². The van der Waals surface area contributed by atoms with E-state index in [-0.39, 0.29) is 25.9 Å². The predicted octanol–water partition coefficient (Wildman–Crippen LogP) is 5.66. The smallest absolute Gasteiger partial charge is 0.323 e. The van der Waals surface area contributed by atoms with Crippen molar-refractivity contribution in [2.75, 3.05) is 0 Å². The van der Waals surface area contributed by atoms with Gasteiger partial charge < -0.3 is 4.74 Å². The van der Waals surface area contributed by atoms with Crippen LogP contribution in [0.5, 0.6) is 11.5 Å². The first kappa shape index (κ1) is 17.1. The van der Waals surface area contributed by atoms with E-state index < -0.39 is 21.3 Å². The maximum atomic E-state index is 13.2. The van der Waals surface area contributed by atoms with Gasteiger partial charge in [0.2, 0.25) is 0 Å². The molecule has 2 aromatic rings. The van der Waals surface area contributed by atoms with Crippen molar-refractivity contribution in [2.45, 2.75) is 10.7 Å². The maximum Gasteiger partial charge on any atom is 0.323 e. The van der Waals surface area contributed by atoms with E-state index in [1.807, 2.05) is 0 Å². The van der Waals surface area contributed by atoms with Gasteiger partial charge in [-0.25, -0.2) is 13.4 Å². The molecule has 0 aliphatic carbocycles. The molecule has 2 aromatic carbocycles. The van der Waals surface area contributed by atoms with E-state index in [4.69, 9.17) is 21.1 Å². The van der Waals surface area contributed by atoms with Gasteiger partial charge in [-0.15, -0.1) is 0 Å². The second-order valence-corrected chi connectivity index (χ2v) is 7.48. The van der Waals surface area contributed by atoms with E-state index in [2.05, 4.69) is 15.9 Å². The van der Waals surface area contributed by atoms with Gasteiger partial charge in [-0.1, -0.05) is 11.6 Å². The van der Waals surface area contributed by atoms with Crippen molar-refractivity contribution in [1.29, 1.82) is 4.78 Å². The van der Waals surface area contributed by atoms with Crippen molar-refractivity contribution < 1.29 is 22.1 Å². The summed E-state index contributed by atoms with van der Waals surface area (Å²) in [5.74, 6) is -3.61. The molecule has 0 aliphatic heterocycles. The van der Waals surface area contributed by atoms with E-state index in [9.17, 15) is 17.4 Å². The Morgan fingerprint density at radius 3 is 2.45 bits per heavy atom. The van der Waals surface area contributed by atoms with E-state index >= 15 is 0 Å². The number of ether oxygens (including phenoxy) is 1. The van der Waals surface area contributed by atoms with Crippen molar-refractivity contribution in [3.8, 4) is 11.5 Å². The number of rotatable bonds is 4. The summed E-state index contributed by atoms with van der Waals surface area (Å²) in [4.78, 5) is -0.334. The van der Waals surface area contributed by atoms with Gasteiger partial charge in [-0.05, 0) is 46.3 Å². The number of alkyl halides is 2. The van der Waals surface area contributed by atoms with Crippen LogP contribution >= 0.6 is 27.5 Å². The lowest BCUT2D eigenvalue weighted by Crippen LogP contribution is -2.09. The maximum absolute atomic E-state index is 13.2. The lowest BCUT2D eigenvalue weighted by Gasteiger charge is -2.11. The summed E-state index contributed by atoms with van der Waals surface area (Å²) in [5, 5.41) is 0.134. The Bertz CT molecular complexity index is 795. The number of hydrogen-bond acceptors (Lipinski definition) is 3. The normalized spacial score (nSPS) is 13.9. The van der Waals surface area contributed by atoms with Gasteiger partial charge in [0.1, 0.15) is 27.0 Å². The Balaban J connectivity index is 2.35. The minimum atomic E-state index is -4.20. The molecule has 0 saturated heterocycles. The largest absolute Gasteiger partial charge is 0.456 e. The Kier molecular flexibility index (Phi) is 5.03. The van der Waals surface area contributed by atoms with Gasteiger partial charge in [-0.2, -0.15) is 8.78 Å². The molecule has 0 amide bonds. The number of nitrogens with one attached hydrogen (secondary N) is 1. The number of halogens is 5. The van der Waals surface area contributed by atoms with E-state index in [1.165, 1.54) is 12.1 Å². The lowest BCUT2D eigenvalue weighted by atomic mass is 10.3. The molecule has 0 bridgehead atoms. The molecule has 2 rings (SSSR count). The monoisotopic (exact) mass is 413 g/mol. The Labute approximate surface area is 138 Å². The molecule has 3 nitrogen and oxygen atoms in total. The summed E-state index contributed by atoms with van der Waals surface area (Å²) in [6.07, 6.45) is 0. The molecule has 1 atom stereocenters. The second-order valence-electron chi connectivity index (χ2n) is 4.16. The van der Waals surface area contributed by atoms with Gasteiger partial charge in [0.15, 0.2) is 0 Å². The molecule has 118 valence electrons. The first-order valence-corrected chi connectivity index (χ1v) is 8.48. The molecule has 0 saturated carbocycles. The summed E-state index contributed by atoms with van der Waals surface area (Å²) in [7, 11) is -4.20. The van der Waals surface area contributed by atoms with Crippen LogP contribution in [-0.2, 0) is 9.73 Å². The van der Waals surface area contributed by atoms with Crippen LogP contribution in [0.3, 0.4) is 0 Å². The van der Waals surface area contributed by atoms with Crippen LogP contribution in [-0.4, -0.2) is 9.97 Å². The van der Waals surface area contributed by atoms with Crippen molar-refractivity contribution >= 4 is 37.3 Å². The fourth-order valence-electron chi connectivity index (χ4n) is 1.57. The Morgan fingerprint density at radius 2 is 1.91 bits per heavy atom. The van der Waals surface area contributed by atoms with E-state index in [1.54, 1.807) is 0 Å². The topological polar surface area (TPSA) is 50.2 Å².